The maximum Gasteiger partial charge on any atom is 0.347 e. The summed E-state index contributed by atoms with van der Waals surface area (Å²) < 4.78 is 0. The fraction of sp³-hybridized carbons (Fsp3) is 0.583. The molecule has 0 spiro atoms. The van der Waals surface area contributed by atoms with Gasteiger partial charge in [0.15, 0.2) is 0 Å². The van der Waals surface area contributed by atoms with Crippen LogP contribution in [0.4, 0.5) is 0 Å². The predicted octanol–water partition coefficient (Wildman–Crippen LogP) is 0.766. The first-order valence-corrected chi connectivity index (χ1v) is 7.07. The number of carboxylic acids is 1. The summed E-state index contributed by atoms with van der Waals surface area (Å²) >= 11 is 1.12. The van der Waals surface area contributed by atoms with Crippen molar-refractivity contribution in [2.75, 3.05) is 13.1 Å². The average molecular weight is 283 g/mol. The Labute approximate surface area is 115 Å². The van der Waals surface area contributed by atoms with E-state index in [4.69, 9.17) is 5.11 Å². The number of amides is 1. The first-order valence-electron chi connectivity index (χ1n) is 6.26. The summed E-state index contributed by atoms with van der Waals surface area (Å²) in [7, 11) is 0. The molecular formula is C12H17N3O3S. The zero-order valence-electron chi connectivity index (χ0n) is 10.7. The maximum absolute atomic E-state index is 11.9. The van der Waals surface area contributed by atoms with Crippen molar-refractivity contribution in [1.29, 1.82) is 0 Å². The third-order valence-corrected chi connectivity index (χ3v) is 4.26. The van der Waals surface area contributed by atoms with Crippen LogP contribution in [0.15, 0.2) is 0 Å². The highest BCUT2D eigenvalue weighted by Crippen LogP contribution is 2.18. The smallest absolute Gasteiger partial charge is 0.347 e. The molecule has 1 aliphatic rings. The molecule has 2 rings (SSSR count). The number of thiazole rings is 1. The molecular weight excluding hydrogens is 266 g/mol. The molecule has 1 aromatic heterocycles. The van der Waals surface area contributed by atoms with Crippen LogP contribution < -0.4 is 10.6 Å². The normalized spacial score (nSPS) is 19.1. The second kappa shape index (κ2) is 6.12. The van der Waals surface area contributed by atoms with Gasteiger partial charge < -0.3 is 15.7 Å². The van der Waals surface area contributed by atoms with Gasteiger partial charge in [0.05, 0.1) is 18.2 Å². The molecule has 0 radical (unpaired) electrons. The van der Waals surface area contributed by atoms with Gasteiger partial charge in [0.1, 0.15) is 9.88 Å². The molecule has 104 valence electrons. The van der Waals surface area contributed by atoms with Crippen LogP contribution in [0, 0.1) is 12.8 Å². The van der Waals surface area contributed by atoms with Crippen molar-refractivity contribution in [2.24, 2.45) is 5.92 Å². The van der Waals surface area contributed by atoms with Crippen LogP contribution in [0.25, 0.3) is 0 Å². The van der Waals surface area contributed by atoms with Gasteiger partial charge in [-0.05, 0) is 26.3 Å². The van der Waals surface area contributed by atoms with Crippen LogP contribution in [0.3, 0.4) is 0 Å². The van der Waals surface area contributed by atoms with Crippen LogP contribution in [0.2, 0.25) is 0 Å². The Morgan fingerprint density at radius 2 is 2.37 bits per heavy atom. The van der Waals surface area contributed by atoms with Crippen molar-refractivity contribution in [3.05, 3.63) is 15.6 Å². The molecule has 1 aliphatic heterocycles. The van der Waals surface area contributed by atoms with E-state index in [0.29, 0.717) is 23.8 Å². The molecule has 19 heavy (non-hydrogen) atoms. The average Bonchev–Trinajstić information content (AvgIpc) is 2.78. The summed E-state index contributed by atoms with van der Waals surface area (Å²) in [5.74, 6) is -0.949. The fourth-order valence-corrected chi connectivity index (χ4v) is 2.95. The Morgan fingerprint density at radius 1 is 1.58 bits per heavy atom. The van der Waals surface area contributed by atoms with Crippen molar-refractivity contribution in [3.8, 4) is 0 Å². The molecule has 0 saturated carbocycles. The van der Waals surface area contributed by atoms with Crippen LogP contribution in [0.5, 0.6) is 0 Å². The lowest BCUT2D eigenvalue weighted by molar-refractivity contribution is -0.125. The molecule has 1 aromatic rings. The summed E-state index contributed by atoms with van der Waals surface area (Å²) in [6, 6.07) is 0. The van der Waals surface area contributed by atoms with Gasteiger partial charge in [0.25, 0.3) is 0 Å². The van der Waals surface area contributed by atoms with Crippen LogP contribution in [-0.4, -0.2) is 35.1 Å². The molecule has 0 aliphatic carbocycles. The molecule has 3 N–H and O–H groups in total. The summed E-state index contributed by atoms with van der Waals surface area (Å²) in [5.41, 5.74) is 0.501. The Kier molecular flexibility index (Phi) is 4.49. The predicted molar refractivity (Wildman–Crippen MR) is 71.3 cm³/mol. The third-order valence-electron chi connectivity index (χ3n) is 3.12. The van der Waals surface area contributed by atoms with E-state index in [-0.39, 0.29) is 16.7 Å². The lowest BCUT2D eigenvalue weighted by atomic mass is 9.99. The van der Waals surface area contributed by atoms with Gasteiger partial charge in [-0.2, -0.15) is 0 Å². The zero-order valence-corrected chi connectivity index (χ0v) is 11.5. The summed E-state index contributed by atoms with van der Waals surface area (Å²) in [4.78, 5) is 27.2. The molecule has 7 heteroatoms. The quantitative estimate of drug-likeness (QED) is 0.759. The van der Waals surface area contributed by atoms with E-state index in [9.17, 15) is 9.59 Å². The van der Waals surface area contributed by atoms with E-state index in [1.165, 1.54) is 0 Å². The second-order valence-electron chi connectivity index (χ2n) is 4.59. The van der Waals surface area contributed by atoms with Crippen LogP contribution in [-0.2, 0) is 11.3 Å². The largest absolute Gasteiger partial charge is 0.477 e. The number of carboxylic acid groups (broad SMARTS) is 1. The number of rotatable bonds is 4. The Hall–Kier alpha value is -1.47. The topological polar surface area (TPSA) is 91.3 Å². The Balaban J connectivity index is 1.89. The molecule has 0 aromatic carbocycles. The number of aromatic nitrogens is 1. The van der Waals surface area contributed by atoms with Crippen molar-refractivity contribution < 1.29 is 14.7 Å². The number of aromatic carboxylic acids is 1. The van der Waals surface area contributed by atoms with E-state index < -0.39 is 5.97 Å². The van der Waals surface area contributed by atoms with E-state index in [1.807, 2.05) is 0 Å². The molecule has 1 amide bonds. The molecule has 1 unspecified atom stereocenters. The van der Waals surface area contributed by atoms with Gasteiger partial charge in [-0.3, -0.25) is 4.79 Å². The van der Waals surface area contributed by atoms with Crippen LogP contribution >= 0.6 is 11.3 Å². The SMILES string of the molecule is Cc1nc(CNC(=O)C2CCCNC2)sc1C(=O)O. The molecule has 1 atom stereocenters. The molecule has 6 nitrogen and oxygen atoms in total. The minimum absolute atomic E-state index is 0.00810. The van der Waals surface area contributed by atoms with Gasteiger partial charge in [0.2, 0.25) is 5.91 Å². The number of nitrogens with one attached hydrogen (secondary N) is 2. The number of hydrogen-bond acceptors (Lipinski definition) is 5. The lowest BCUT2D eigenvalue weighted by Crippen LogP contribution is -2.40. The van der Waals surface area contributed by atoms with Gasteiger partial charge in [0, 0.05) is 6.54 Å². The van der Waals surface area contributed by atoms with Gasteiger partial charge >= 0.3 is 5.97 Å². The minimum Gasteiger partial charge on any atom is -0.477 e. The molecule has 1 saturated heterocycles. The number of piperidine rings is 1. The number of nitrogens with zero attached hydrogens (tertiary/aromatic N) is 1. The molecule has 0 bridgehead atoms. The van der Waals surface area contributed by atoms with Gasteiger partial charge in [-0.25, -0.2) is 9.78 Å². The van der Waals surface area contributed by atoms with Crippen molar-refractivity contribution in [3.63, 3.8) is 0 Å². The lowest BCUT2D eigenvalue weighted by Gasteiger charge is -2.21. The summed E-state index contributed by atoms with van der Waals surface area (Å²) in [6.07, 6.45) is 1.91. The monoisotopic (exact) mass is 283 g/mol. The highest BCUT2D eigenvalue weighted by molar-refractivity contribution is 7.13. The Bertz CT molecular complexity index is 481. The second-order valence-corrected chi connectivity index (χ2v) is 5.67. The van der Waals surface area contributed by atoms with Gasteiger partial charge in [-0.1, -0.05) is 0 Å². The third kappa shape index (κ3) is 3.51. The fourth-order valence-electron chi connectivity index (χ4n) is 2.11. The first kappa shape index (κ1) is 14.0. The zero-order chi connectivity index (χ0) is 13.8. The van der Waals surface area contributed by atoms with E-state index in [1.54, 1.807) is 6.92 Å². The number of aryl methyl sites for hydroxylation is 1. The van der Waals surface area contributed by atoms with Crippen molar-refractivity contribution in [2.45, 2.75) is 26.3 Å². The van der Waals surface area contributed by atoms with Crippen molar-refractivity contribution in [1.82, 2.24) is 15.6 Å². The summed E-state index contributed by atoms with van der Waals surface area (Å²) in [6.45, 7) is 3.64. The van der Waals surface area contributed by atoms with Gasteiger partial charge in [-0.15, -0.1) is 11.3 Å². The summed E-state index contributed by atoms with van der Waals surface area (Å²) in [5, 5.41) is 15.6. The highest BCUT2D eigenvalue weighted by atomic mass is 32.1. The van der Waals surface area contributed by atoms with Crippen LogP contribution in [0.1, 0.15) is 33.2 Å². The number of hydrogen-bond donors (Lipinski definition) is 3. The Morgan fingerprint density at radius 3 is 2.95 bits per heavy atom. The molecule has 2 heterocycles. The first-order chi connectivity index (χ1) is 9.08. The molecule has 1 fully saturated rings. The van der Waals surface area contributed by atoms with Crippen molar-refractivity contribution >= 4 is 23.2 Å². The van der Waals surface area contributed by atoms with E-state index >= 15 is 0 Å². The minimum atomic E-state index is -0.968. The number of carbonyl (C=O) groups is 2. The standard InChI is InChI=1S/C12H17N3O3S/c1-7-10(12(17)18)19-9(15-7)6-14-11(16)8-3-2-4-13-5-8/h8,13H,2-6H2,1H3,(H,14,16)(H,17,18). The highest BCUT2D eigenvalue weighted by Gasteiger charge is 2.21. The van der Waals surface area contributed by atoms with E-state index in [2.05, 4.69) is 15.6 Å². The maximum atomic E-state index is 11.9. The van der Waals surface area contributed by atoms with E-state index in [0.717, 1.165) is 30.7 Å². The number of carbonyl (C=O) groups excluding carboxylic acids is 1.